The van der Waals surface area contributed by atoms with Gasteiger partial charge in [-0.1, -0.05) is 0 Å². The maximum absolute atomic E-state index is 12.8. The smallest absolute Gasteiger partial charge is 0.394 e. The molecule has 1 aromatic heterocycles. The van der Waals surface area contributed by atoms with E-state index in [1.807, 2.05) is 25.1 Å². The van der Waals surface area contributed by atoms with Crippen molar-refractivity contribution in [3.8, 4) is 5.75 Å². The fourth-order valence-corrected chi connectivity index (χ4v) is 3.00. The van der Waals surface area contributed by atoms with Crippen LogP contribution in [-0.4, -0.2) is 69.9 Å². The van der Waals surface area contributed by atoms with Gasteiger partial charge in [0.05, 0.1) is 7.05 Å². The number of rotatable bonds is 6. The molecule has 2 aromatic rings. The average Bonchev–Trinajstić information content (AvgIpc) is 3.03. The lowest BCUT2D eigenvalue weighted by molar-refractivity contribution is -0.391. The van der Waals surface area contributed by atoms with Crippen LogP contribution in [0.25, 0.3) is 6.08 Å². The van der Waals surface area contributed by atoms with Crippen LogP contribution in [0.5, 0.6) is 5.75 Å². The summed E-state index contributed by atoms with van der Waals surface area (Å²) in [6.45, 7) is 1.40. The first-order chi connectivity index (χ1) is 14.9. The molecular weight excluding hydrogens is 444 g/mol. The van der Waals surface area contributed by atoms with Crippen molar-refractivity contribution in [3.05, 3.63) is 57.0 Å². The molecule has 1 heterocycles. The number of fused-ring (bicyclic) bond motifs is 1. The summed E-state index contributed by atoms with van der Waals surface area (Å²) in [6.07, 6.45) is 4.11. The summed E-state index contributed by atoms with van der Waals surface area (Å²) in [5.41, 5.74) is 2.22. The van der Waals surface area contributed by atoms with Crippen LogP contribution in [0.1, 0.15) is 28.2 Å². The van der Waals surface area contributed by atoms with Gasteiger partial charge in [0.1, 0.15) is 18.6 Å². The fraction of sp³-hybridized carbons (Fsp3) is 0.368. The second-order valence-corrected chi connectivity index (χ2v) is 8.10. The minimum Gasteiger partial charge on any atom is -0.492 e. The lowest BCUT2D eigenvalue weighted by atomic mass is 9.86. The van der Waals surface area contributed by atoms with E-state index in [1.54, 1.807) is 25.3 Å². The highest BCUT2D eigenvalue weighted by Crippen LogP contribution is 2.29. The molecule has 0 spiro atoms. The first kappa shape index (κ1) is 25.1. The van der Waals surface area contributed by atoms with E-state index in [4.69, 9.17) is 22.3 Å². The van der Waals surface area contributed by atoms with Crippen molar-refractivity contribution in [2.75, 3.05) is 27.2 Å². The molecule has 0 radical (unpaired) electrons. The highest BCUT2D eigenvalue weighted by Gasteiger charge is 2.24. The molecule has 0 amide bonds. The second-order valence-electron chi connectivity index (χ2n) is 7.21. The SMILES string of the molecule is CN(C)CCOc1ccc2c(c1)CC/C(=C\c1ncc([N+](=O)[O-])n1C)C2=O.O=S(=O)(O)O. The van der Waals surface area contributed by atoms with Crippen LogP contribution in [0.4, 0.5) is 5.82 Å². The van der Waals surface area contributed by atoms with Crippen LogP contribution in [-0.2, 0) is 23.9 Å². The van der Waals surface area contributed by atoms with Crippen LogP contribution in [0.15, 0.2) is 30.0 Å². The lowest BCUT2D eigenvalue weighted by Crippen LogP contribution is -2.20. The summed E-state index contributed by atoms with van der Waals surface area (Å²) >= 11 is 0. The summed E-state index contributed by atoms with van der Waals surface area (Å²) in [7, 11) is 0.869. The number of likely N-dealkylation sites (N-methyl/N-ethyl adjacent to an activating group) is 1. The molecule has 13 heteroatoms. The monoisotopic (exact) mass is 468 g/mol. The number of allylic oxidation sites excluding steroid dienone is 1. The molecule has 3 rings (SSSR count). The Labute approximate surface area is 184 Å². The summed E-state index contributed by atoms with van der Waals surface area (Å²) in [5, 5.41) is 10.9. The highest BCUT2D eigenvalue weighted by atomic mass is 32.3. The van der Waals surface area contributed by atoms with Gasteiger partial charge in [-0.05, 0) is 55.6 Å². The van der Waals surface area contributed by atoms with E-state index >= 15 is 0 Å². The number of hydrogen-bond donors (Lipinski definition) is 2. The molecule has 0 saturated heterocycles. The minimum absolute atomic E-state index is 0.0678. The molecule has 0 saturated carbocycles. The van der Waals surface area contributed by atoms with Gasteiger partial charge in [-0.25, -0.2) is 9.55 Å². The highest BCUT2D eigenvalue weighted by molar-refractivity contribution is 7.79. The first-order valence-electron chi connectivity index (χ1n) is 9.38. The zero-order valence-electron chi connectivity index (χ0n) is 17.8. The van der Waals surface area contributed by atoms with E-state index in [-0.39, 0.29) is 11.6 Å². The normalized spacial score (nSPS) is 14.7. The number of benzene rings is 1. The van der Waals surface area contributed by atoms with Gasteiger partial charge in [-0.3, -0.25) is 13.9 Å². The Hall–Kier alpha value is -3.13. The first-order valence-corrected chi connectivity index (χ1v) is 10.8. The van der Waals surface area contributed by atoms with E-state index in [0.717, 1.165) is 17.9 Å². The van der Waals surface area contributed by atoms with Crippen LogP contribution in [0.3, 0.4) is 0 Å². The number of nitrogens with zero attached hydrogens (tertiary/aromatic N) is 4. The number of hydrogen-bond acceptors (Lipinski definition) is 8. The van der Waals surface area contributed by atoms with Gasteiger partial charge < -0.3 is 19.8 Å². The van der Waals surface area contributed by atoms with Crippen molar-refractivity contribution in [3.63, 3.8) is 0 Å². The number of ether oxygens (including phenoxy) is 1. The molecule has 1 aliphatic carbocycles. The molecule has 0 fully saturated rings. The zero-order chi connectivity index (χ0) is 24.1. The van der Waals surface area contributed by atoms with Crippen LogP contribution in [0, 0.1) is 10.1 Å². The zero-order valence-corrected chi connectivity index (χ0v) is 18.6. The van der Waals surface area contributed by atoms with Gasteiger partial charge in [-0.15, -0.1) is 0 Å². The predicted octanol–water partition coefficient (Wildman–Crippen LogP) is 1.83. The standard InChI is InChI=1S/C19H22N4O4.H2O4S/c1-21(2)8-9-27-15-6-7-16-13(10-15)4-5-14(19(16)24)11-17-20-12-18(22(17)3)23(25)26;1-5(2,3)4/h6-7,10-12H,4-5,8-9H2,1-3H3;(H2,1,2,3,4)/b14-11+;. The predicted molar refractivity (Wildman–Crippen MR) is 115 cm³/mol. The summed E-state index contributed by atoms with van der Waals surface area (Å²) < 4.78 is 38.7. The number of aromatic nitrogens is 2. The molecule has 0 bridgehead atoms. The average molecular weight is 468 g/mol. The van der Waals surface area contributed by atoms with Gasteiger partial charge >= 0.3 is 16.2 Å². The van der Waals surface area contributed by atoms with E-state index in [0.29, 0.717) is 36.4 Å². The van der Waals surface area contributed by atoms with Gasteiger partial charge in [0, 0.05) is 23.8 Å². The van der Waals surface area contributed by atoms with Crippen molar-refractivity contribution >= 4 is 28.1 Å². The van der Waals surface area contributed by atoms with Crippen molar-refractivity contribution in [2.24, 2.45) is 7.05 Å². The number of imidazole rings is 1. The second kappa shape index (κ2) is 10.5. The van der Waals surface area contributed by atoms with Crippen molar-refractivity contribution < 1.29 is 32.0 Å². The Balaban J connectivity index is 0.000000654. The summed E-state index contributed by atoms with van der Waals surface area (Å²) in [5.74, 6) is 0.986. The van der Waals surface area contributed by atoms with Gasteiger partial charge in [0.15, 0.2) is 5.78 Å². The molecular formula is C19H24N4O8S. The number of ketones is 1. The van der Waals surface area contributed by atoms with Gasteiger partial charge in [0.2, 0.25) is 5.82 Å². The van der Waals surface area contributed by atoms with Crippen LogP contribution in [0.2, 0.25) is 0 Å². The van der Waals surface area contributed by atoms with Gasteiger partial charge in [-0.2, -0.15) is 8.42 Å². The molecule has 1 aliphatic rings. The minimum atomic E-state index is -4.67. The largest absolute Gasteiger partial charge is 0.492 e. The third-order valence-corrected chi connectivity index (χ3v) is 4.57. The Morgan fingerprint density at radius 2 is 1.97 bits per heavy atom. The molecule has 0 unspecified atom stereocenters. The lowest BCUT2D eigenvalue weighted by Gasteiger charge is -2.18. The number of aryl methyl sites for hydroxylation is 1. The van der Waals surface area contributed by atoms with Crippen molar-refractivity contribution in [2.45, 2.75) is 12.8 Å². The Morgan fingerprint density at radius 1 is 1.31 bits per heavy atom. The molecule has 32 heavy (non-hydrogen) atoms. The quantitative estimate of drug-likeness (QED) is 0.276. The topological polar surface area (TPSA) is 165 Å². The van der Waals surface area contributed by atoms with Crippen molar-refractivity contribution in [1.29, 1.82) is 0 Å². The Kier molecular flexibility index (Phi) is 8.21. The number of Topliss-reactive ketones (excluding diaryl/α,β-unsaturated/α-hetero) is 1. The molecule has 0 aliphatic heterocycles. The van der Waals surface area contributed by atoms with Crippen LogP contribution < -0.4 is 4.74 Å². The van der Waals surface area contributed by atoms with Gasteiger partial charge in [0.25, 0.3) is 0 Å². The summed E-state index contributed by atoms with van der Waals surface area (Å²) in [6, 6.07) is 5.52. The Morgan fingerprint density at radius 3 is 2.53 bits per heavy atom. The number of carbonyl (C=O) groups excluding carboxylic acids is 1. The van der Waals surface area contributed by atoms with E-state index in [2.05, 4.69) is 4.98 Å². The van der Waals surface area contributed by atoms with Crippen molar-refractivity contribution in [1.82, 2.24) is 14.5 Å². The summed E-state index contributed by atoms with van der Waals surface area (Å²) in [4.78, 5) is 29.3. The van der Waals surface area contributed by atoms with Crippen LogP contribution >= 0.6 is 0 Å². The fourth-order valence-electron chi connectivity index (χ4n) is 3.00. The molecule has 12 nitrogen and oxygen atoms in total. The number of nitro groups is 1. The molecule has 0 atom stereocenters. The third-order valence-electron chi connectivity index (χ3n) is 4.57. The maximum atomic E-state index is 12.8. The van der Waals surface area contributed by atoms with E-state index < -0.39 is 15.3 Å². The maximum Gasteiger partial charge on any atom is 0.394 e. The van der Waals surface area contributed by atoms with E-state index in [1.165, 1.54) is 10.8 Å². The van der Waals surface area contributed by atoms with E-state index in [9.17, 15) is 14.9 Å². The number of carbonyl (C=O) groups is 1. The third kappa shape index (κ3) is 7.23. The molecule has 174 valence electrons. The Bertz CT molecular complexity index is 1130. The molecule has 1 aromatic carbocycles. The molecule has 2 N–H and O–H groups in total.